The van der Waals surface area contributed by atoms with Crippen LogP contribution in [0.4, 0.5) is 0 Å². The predicted molar refractivity (Wildman–Crippen MR) is 76.5 cm³/mol. The van der Waals surface area contributed by atoms with Gasteiger partial charge in [0.15, 0.2) is 4.73 Å². The van der Waals surface area contributed by atoms with Crippen molar-refractivity contribution in [2.45, 2.75) is 6.54 Å². The van der Waals surface area contributed by atoms with E-state index in [0.717, 1.165) is 5.69 Å². The van der Waals surface area contributed by atoms with Crippen molar-refractivity contribution >= 4 is 31.9 Å². The molecular formula is C11H6Br2N6. The molecule has 0 bridgehead atoms. The number of nitriles is 1. The van der Waals surface area contributed by atoms with Crippen LogP contribution in [0, 0.1) is 11.3 Å². The van der Waals surface area contributed by atoms with Crippen molar-refractivity contribution in [2.75, 3.05) is 0 Å². The Balaban J connectivity index is 2.46. The largest absolute Gasteiger partial charge is 0.281 e. The maximum absolute atomic E-state index is 8.78. The molecule has 0 saturated carbocycles. The van der Waals surface area contributed by atoms with E-state index >= 15 is 0 Å². The minimum atomic E-state index is 0.166. The molecule has 0 aliphatic rings. The molecule has 1 heterocycles. The van der Waals surface area contributed by atoms with Gasteiger partial charge in [-0.05, 0) is 61.7 Å². The summed E-state index contributed by atoms with van der Waals surface area (Å²) in [6.07, 6.45) is 0. The van der Waals surface area contributed by atoms with Crippen LogP contribution in [0.1, 0.15) is 11.3 Å². The quantitative estimate of drug-likeness (QED) is 0.455. The van der Waals surface area contributed by atoms with E-state index in [1.54, 1.807) is 12.1 Å². The van der Waals surface area contributed by atoms with E-state index in [-0.39, 0.29) is 6.54 Å². The van der Waals surface area contributed by atoms with Gasteiger partial charge in [-0.25, -0.2) is 4.98 Å². The molecular weight excluding hydrogens is 376 g/mol. The first-order valence-corrected chi connectivity index (χ1v) is 6.70. The number of azide groups is 1. The first-order chi connectivity index (χ1) is 9.17. The first kappa shape index (κ1) is 13.6. The summed E-state index contributed by atoms with van der Waals surface area (Å²) < 4.78 is 3.10. The first-order valence-electron chi connectivity index (χ1n) is 5.11. The molecule has 0 aliphatic heterocycles. The zero-order chi connectivity index (χ0) is 13.8. The van der Waals surface area contributed by atoms with E-state index in [0.29, 0.717) is 20.6 Å². The molecule has 0 unspecified atom stereocenters. The molecule has 1 aromatic heterocycles. The molecule has 6 nitrogen and oxygen atoms in total. The van der Waals surface area contributed by atoms with Crippen LogP contribution < -0.4 is 0 Å². The number of halogens is 2. The second kappa shape index (κ2) is 5.89. The topological polar surface area (TPSA) is 90.4 Å². The van der Waals surface area contributed by atoms with Gasteiger partial charge in [-0.1, -0.05) is 5.11 Å². The summed E-state index contributed by atoms with van der Waals surface area (Å²) in [4.78, 5) is 6.98. The normalized spacial score (nSPS) is 9.74. The third-order valence-corrected chi connectivity index (χ3v) is 3.73. The van der Waals surface area contributed by atoms with Crippen molar-refractivity contribution < 1.29 is 0 Å². The van der Waals surface area contributed by atoms with Gasteiger partial charge in [0.1, 0.15) is 4.60 Å². The molecule has 2 aromatic rings. The van der Waals surface area contributed by atoms with Gasteiger partial charge in [0.2, 0.25) is 0 Å². The third-order valence-electron chi connectivity index (χ3n) is 2.38. The van der Waals surface area contributed by atoms with Crippen LogP contribution in [-0.2, 0) is 6.54 Å². The van der Waals surface area contributed by atoms with E-state index in [2.05, 4.69) is 52.9 Å². The Bertz CT molecular complexity index is 691. The smallest absolute Gasteiger partial charge is 0.182 e. The average Bonchev–Trinajstić information content (AvgIpc) is 2.71. The van der Waals surface area contributed by atoms with Crippen molar-refractivity contribution in [3.63, 3.8) is 0 Å². The predicted octanol–water partition coefficient (Wildman–Crippen LogP) is 4.08. The fourth-order valence-corrected chi connectivity index (χ4v) is 2.94. The highest BCUT2D eigenvalue weighted by Crippen LogP contribution is 2.27. The van der Waals surface area contributed by atoms with Gasteiger partial charge in [0.05, 0.1) is 23.9 Å². The van der Waals surface area contributed by atoms with Crippen LogP contribution in [-0.4, -0.2) is 9.55 Å². The minimum Gasteiger partial charge on any atom is -0.281 e. The Kier molecular flexibility index (Phi) is 4.22. The summed E-state index contributed by atoms with van der Waals surface area (Å²) >= 11 is 6.78. The highest BCUT2D eigenvalue weighted by atomic mass is 79.9. The van der Waals surface area contributed by atoms with Crippen molar-refractivity contribution in [3.05, 3.63) is 55.3 Å². The lowest BCUT2D eigenvalue weighted by Crippen LogP contribution is -1.95. The van der Waals surface area contributed by atoms with Gasteiger partial charge in [0.25, 0.3) is 0 Å². The average molecular weight is 382 g/mol. The van der Waals surface area contributed by atoms with Gasteiger partial charge < -0.3 is 0 Å². The number of aromatic nitrogens is 2. The summed E-state index contributed by atoms with van der Waals surface area (Å²) in [5.74, 6) is 0. The summed E-state index contributed by atoms with van der Waals surface area (Å²) in [6, 6.07) is 9.14. The highest BCUT2D eigenvalue weighted by Gasteiger charge is 2.14. The molecule has 0 atom stereocenters. The van der Waals surface area contributed by atoms with E-state index in [9.17, 15) is 0 Å². The number of hydrogen-bond acceptors (Lipinski definition) is 3. The molecule has 0 radical (unpaired) electrons. The van der Waals surface area contributed by atoms with E-state index in [1.807, 2.05) is 16.7 Å². The number of imidazole rings is 1. The van der Waals surface area contributed by atoms with Crippen LogP contribution in [0.25, 0.3) is 16.1 Å². The monoisotopic (exact) mass is 380 g/mol. The summed E-state index contributed by atoms with van der Waals surface area (Å²) in [6.45, 7) is 0.166. The zero-order valence-electron chi connectivity index (χ0n) is 9.46. The summed E-state index contributed by atoms with van der Waals surface area (Å²) in [7, 11) is 0. The number of nitrogens with zero attached hydrogens (tertiary/aromatic N) is 6. The van der Waals surface area contributed by atoms with E-state index in [1.165, 1.54) is 0 Å². The zero-order valence-corrected chi connectivity index (χ0v) is 12.6. The molecule has 0 saturated heterocycles. The molecule has 1 aromatic carbocycles. The molecule has 2 rings (SSSR count). The highest BCUT2D eigenvalue weighted by molar-refractivity contribution is 9.11. The Labute approximate surface area is 125 Å². The van der Waals surface area contributed by atoms with Crippen LogP contribution in [0.15, 0.2) is 38.7 Å². The Morgan fingerprint density at radius 3 is 2.63 bits per heavy atom. The summed E-state index contributed by atoms with van der Waals surface area (Å²) in [5, 5.41) is 12.3. The van der Waals surface area contributed by atoms with Crippen molar-refractivity contribution in [1.82, 2.24) is 9.55 Å². The van der Waals surface area contributed by atoms with Crippen molar-refractivity contribution in [1.29, 1.82) is 5.26 Å². The molecule has 8 heteroatoms. The number of rotatable bonds is 3. The maximum atomic E-state index is 8.78. The molecule has 0 amide bonds. The maximum Gasteiger partial charge on any atom is 0.182 e. The van der Waals surface area contributed by atoms with Gasteiger partial charge in [0, 0.05) is 10.6 Å². The molecule has 0 fully saturated rings. The van der Waals surface area contributed by atoms with Crippen molar-refractivity contribution in [3.8, 4) is 11.8 Å². The van der Waals surface area contributed by atoms with Gasteiger partial charge >= 0.3 is 0 Å². The standard InChI is InChI=1S/C11H6Br2N6/c12-10-9(6-16-18-15)17-11(13)19(10)8-3-1-7(5-14)2-4-8/h1-4H,6H2. The second-order valence-corrected chi connectivity index (χ2v) is 4.96. The fourth-order valence-electron chi connectivity index (χ4n) is 1.52. The Morgan fingerprint density at radius 1 is 1.37 bits per heavy atom. The van der Waals surface area contributed by atoms with Crippen LogP contribution in [0.5, 0.6) is 0 Å². The second-order valence-electron chi connectivity index (χ2n) is 3.50. The van der Waals surface area contributed by atoms with Crippen LogP contribution in [0.3, 0.4) is 0 Å². The Morgan fingerprint density at radius 2 is 2.05 bits per heavy atom. The summed E-state index contributed by atoms with van der Waals surface area (Å²) in [5.41, 5.74) is 10.4. The van der Waals surface area contributed by atoms with Crippen LogP contribution in [0.2, 0.25) is 0 Å². The van der Waals surface area contributed by atoms with Gasteiger partial charge in [-0.15, -0.1) is 0 Å². The Hall–Kier alpha value is -1.81. The molecule has 0 aliphatic carbocycles. The van der Waals surface area contributed by atoms with Gasteiger partial charge in [-0.2, -0.15) is 5.26 Å². The van der Waals surface area contributed by atoms with Crippen LogP contribution >= 0.6 is 31.9 Å². The minimum absolute atomic E-state index is 0.166. The third kappa shape index (κ3) is 2.79. The van der Waals surface area contributed by atoms with Gasteiger partial charge in [-0.3, -0.25) is 4.57 Å². The molecule has 0 spiro atoms. The lowest BCUT2D eigenvalue weighted by Gasteiger charge is -2.05. The fraction of sp³-hybridized carbons (Fsp3) is 0.0909. The number of benzene rings is 1. The van der Waals surface area contributed by atoms with E-state index < -0.39 is 0 Å². The van der Waals surface area contributed by atoms with E-state index in [4.69, 9.17) is 10.8 Å². The SMILES string of the molecule is N#Cc1ccc(-n2c(Br)nc(CN=[N+]=[N-])c2Br)cc1. The molecule has 19 heavy (non-hydrogen) atoms. The lowest BCUT2D eigenvalue weighted by atomic mass is 10.2. The number of hydrogen-bond donors (Lipinski definition) is 0. The molecule has 94 valence electrons. The van der Waals surface area contributed by atoms with Crippen molar-refractivity contribution in [2.24, 2.45) is 5.11 Å². The molecule has 0 N–H and O–H groups in total. The lowest BCUT2D eigenvalue weighted by molar-refractivity contribution is 0.977.